The number of benzene rings is 1. The van der Waals surface area contributed by atoms with E-state index >= 15 is 0 Å². The fourth-order valence-electron chi connectivity index (χ4n) is 3.03. The third-order valence-electron chi connectivity index (χ3n) is 4.19. The van der Waals surface area contributed by atoms with Gasteiger partial charge in [0, 0.05) is 25.0 Å². The third kappa shape index (κ3) is 4.90. The number of rotatable bonds is 7. The van der Waals surface area contributed by atoms with Crippen molar-refractivity contribution in [2.45, 2.75) is 40.5 Å². The van der Waals surface area contributed by atoms with E-state index < -0.39 is 0 Å². The second kappa shape index (κ2) is 8.59. The Bertz CT molecular complexity index is 839. The van der Waals surface area contributed by atoms with Gasteiger partial charge >= 0.3 is 0 Å². The van der Waals surface area contributed by atoms with Crippen LogP contribution in [0.15, 0.2) is 54.7 Å². The van der Waals surface area contributed by atoms with Gasteiger partial charge in [0.2, 0.25) is 0 Å². The van der Waals surface area contributed by atoms with E-state index in [4.69, 9.17) is 4.74 Å². The van der Waals surface area contributed by atoms with Gasteiger partial charge in [-0.15, -0.1) is 0 Å². The molecule has 2 heterocycles. The Morgan fingerprint density at radius 2 is 1.65 bits per heavy atom. The van der Waals surface area contributed by atoms with Crippen molar-refractivity contribution < 1.29 is 4.74 Å². The topological polar surface area (TPSA) is 47.0 Å². The predicted molar refractivity (Wildman–Crippen MR) is 104 cm³/mol. The van der Waals surface area contributed by atoms with E-state index in [-0.39, 0.29) is 0 Å². The van der Waals surface area contributed by atoms with Gasteiger partial charge in [-0.3, -0.25) is 9.97 Å². The Labute approximate surface area is 155 Å². The first kappa shape index (κ1) is 18.1. The second-order valence-corrected chi connectivity index (χ2v) is 6.54. The molecule has 0 aliphatic heterocycles. The lowest BCUT2D eigenvalue weighted by Gasteiger charge is -2.14. The molecule has 1 aromatic carbocycles. The van der Waals surface area contributed by atoms with Crippen LogP contribution in [-0.4, -0.2) is 9.97 Å². The van der Waals surface area contributed by atoms with Gasteiger partial charge in [0.05, 0.1) is 11.4 Å². The number of nitrogens with one attached hydrogen (secondary N) is 1. The van der Waals surface area contributed by atoms with Crippen molar-refractivity contribution in [3.05, 3.63) is 88.5 Å². The molecule has 0 fully saturated rings. The average molecular weight is 347 g/mol. The fourth-order valence-corrected chi connectivity index (χ4v) is 3.03. The minimum Gasteiger partial charge on any atom is -0.487 e. The van der Waals surface area contributed by atoms with Crippen molar-refractivity contribution in [3.8, 4) is 5.75 Å². The highest BCUT2D eigenvalue weighted by Crippen LogP contribution is 2.25. The van der Waals surface area contributed by atoms with E-state index in [1.807, 2.05) is 43.3 Å². The van der Waals surface area contributed by atoms with E-state index in [1.165, 1.54) is 5.56 Å². The molecular weight excluding hydrogens is 322 g/mol. The SMILES string of the molecule is Cc1cccc(CNCc2cc(C)c(OCc3ccccn3)c(C)c2)n1. The van der Waals surface area contributed by atoms with Crippen LogP contribution in [0.4, 0.5) is 0 Å². The monoisotopic (exact) mass is 347 g/mol. The van der Waals surface area contributed by atoms with E-state index in [1.54, 1.807) is 6.20 Å². The molecule has 0 aliphatic rings. The summed E-state index contributed by atoms with van der Waals surface area (Å²) in [5.74, 6) is 0.944. The summed E-state index contributed by atoms with van der Waals surface area (Å²) >= 11 is 0. The minimum absolute atomic E-state index is 0.485. The maximum absolute atomic E-state index is 6.00. The zero-order valence-corrected chi connectivity index (χ0v) is 15.6. The summed E-state index contributed by atoms with van der Waals surface area (Å²) in [5.41, 5.74) is 6.58. The summed E-state index contributed by atoms with van der Waals surface area (Å²) in [4.78, 5) is 8.82. The Morgan fingerprint density at radius 1 is 0.885 bits per heavy atom. The standard InChI is InChI=1S/C22H25N3O/c1-16-11-19(13-23-14-20-9-6-7-18(3)25-20)12-17(2)22(16)26-15-21-8-4-5-10-24-21/h4-12,23H,13-15H2,1-3H3. The van der Waals surface area contributed by atoms with Crippen LogP contribution in [0.2, 0.25) is 0 Å². The smallest absolute Gasteiger partial charge is 0.130 e. The second-order valence-electron chi connectivity index (χ2n) is 6.54. The third-order valence-corrected chi connectivity index (χ3v) is 4.19. The number of pyridine rings is 2. The highest BCUT2D eigenvalue weighted by molar-refractivity contribution is 5.43. The summed E-state index contributed by atoms with van der Waals surface area (Å²) in [6, 6.07) is 16.3. The molecule has 0 amide bonds. The molecule has 26 heavy (non-hydrogen) atoms. The molecule has 0 saturated heterocycles. The number of hydrogen-bond acceptors (Lipinski definition) is 4. The van der Waals surface area contributed by atoms with E-state index in [9.17, 15) is 0 Å². The van der Waals surface area contributed by atoms with Crippen LogP contribution < -0.4 is 10.1 Å². The number of ether oxygens (including phenoxy) is 1. The summed E-state index contributed by atoms with van der Waals surface area (Å²) in [5, 5.41) is 3.46. The molecule has 4 nitrogen and oxygen atoms in total. The molecule has 134 valence electrons. The number of aryl methyl sites for hydroxylation is 3. The maximum atomic E-state index is 6.00. The zero-order chi connectivity index (χ0) is 18.4. The fraction of sp³-hybridized carbons (Fsp3) is 0.273. The molecule has 0 aliphatic carbocycles. The Kier molecular flexibility index (Phi) is 5.97. The van der Waals surface area contributed by atoms with Crippen molar-refractivity contribution in [2.75, 3.05) is 0 Å². The normalized spacial score (nSPS) is 10.7. The van der Waals surface area contributed by atoms with Crippen molar-refractivity contribution >= 4 is 0 Å². The highest BCUT2D eigenvalue weighted by Gasteiger charge is 2.07. The molecule has 0 radical (unpaired) electrons. The Balaban J connectivity index is 1.59. The lowest BCUT2D eigenvalue weighted by atomic mass is 10.1. The molecule has 0 spiro atoms. The zero-order valence-electron chi connectivity index (χ0n) is 15.6. The lowest BCUT2D eigenvalue weighted by molar-refractivity contribution is 0.297. The number of aromatic nitrogens is 2. The van der Waals surface area contributed by atoms with Gasteiger partial charge in [-0.2, -0.15) is 0 Å². The van der Waals surface area contributed by atoms with Gasteiger partial charge in [0.1, 0.15) is 12.4 Å². The van der Waals surface area contributed by atoms with Crippen molar-refractivity contribution in [2.24, 2.45) is 0 Å². The van der Waals surface area contributed by atoms with Crippen molar-refractivity contribution in [1.29, 1.82) is 0 Å². The van der Waals surface area contributed by atoms with Crippen LogP contribution in [0, 0.1) is 20.8 Å². The van der Waals surface area contributed by atoms with Gasteiger partial charge in [-0.25, -0.2) is 0 Å². The first-order chi connectivity index (χ1) is 12.6. The molecule has 3 aromatic rings. The van der Waals surface area contributed by atoms with Crippen LogP contribution in [0.1, 0.15) is 33.8 Å². The molecule has 0 bridgehead atoms. The first-order valence-corrected chi connectivity index (χ1v) is 8.88. The molecule has 2 aromatic heterocycles. The summed E-state index contributed by atoms with van der Waals surface area (Å²) < 4.78 is 6.00. The highest BCUT2D eigenvalue weighted by atomic mass is 16.5. The molecule has 0 unspecified atom stereocenters. The Hall–Kier alpha value is -2.72. The van der Waals surface area contributed by atoms with Crippen molar-refractivity contribution in [1.82, 2.24) is 15.3 Å². The van der Waals surface area contributed by atoms with Gasteiger partial charge < -0.3 is 10.1 Å². The number of nitrogens with zero attached hydrogens (tertiary/aromatic N) is 2. The van der Waals surface area contributed by atoms with Crippen LogP contribution in [0.3, 0.4) is 0 Å². The van der Waals surface area contributed by atoms with E-state index in [0.29, 0.717) is 6.61 Å². The summed E-state index contributed by atoms with van der Waals surface area (Å²) in [6.07, 6.45) is 1.79. The van der Waals surface area contributed by atoms with Gasteiger partial charge in [0.15, 0.2) is 0 Å². The molecule has 1 N–H and O–H groups in total. The summed E-state index contributed by atoms with van der Waals surface area (Å²) in [6.45, 7) is 8.24. The average Bonchev–Trinajstić information content (AvgIpc) is 2.62. The molecular formula is C22H25N3O. The lowest BCUT2D eigenvalue weighted by Crippen LogP contribution is -2.14. The van der Waals surface area contributed by atoms with Crippen LogP contribution in [0.5, 0.6) is 5.75 Å². The predicted octanol–water partition coefficient (Wildman–Crippen LogP) is 4.27. The van der Waals surface area contributed by atoms with Gasteiger partial charge in [-0.05, 0) is 61.7 Å². The van der Waals surface area contributed by atoms with Crippen LogP contribution in [-0.2, 0) is 19.7 Å². The van der Waals surface area contributed by atoms with Crippen LogP contribution in [0.25, 0.3) is 0 Å². The van der Waals surface area contributed by atoms with Gasteiger partial charge in [-0.1, -0.05) is 24.3 Å². The largest absolute Gasteiger partial charge is 0.487 e. The molecule has 0 atom stereocenters. The minimum atomic E-state index is 0.485. The Morgan fingerprint density at radius 3 is 2.35 bits per heavy atom. The van der Waals surface area contributed by atoms with Gasteiger partial charge in [0.25, 0.3) is 0 Å². The first-order valence-electron chi connectivity index (χ1n) is 8.88. The summed E-state index contributed by atoms with van der Waals surface area (Å²) in [7, 11) is 0. The maximum Gasteiger partial charge on any atom is 0.130 e. The van der Waals surface area contributed by atoms with Crippen molar-refractivity contribution in [3.63, 3.8) is 0 Å². The molecule has 4 heteroatoms. The van der Waals surface area contributed by atoms with E-state index in [0.717, 1.165) is 47.0 Å². The molecule has 0 saturated carbocycles. The van der Waals surface area contributed by atoms with Crippen LogP contribution >= 0.6 is 0 Å². The molecule has 3 rings (SSSR count). The number of hydrogen-bond donors (Lipinski definition) is 1. The van der Waals surface area contributed by atoms with E-state index in [2.05, 4.69) is 41.3 Å². The quantitative estimate of drug-likeness (QED) is 0.693.